The molecule has 3 rings (SSSR count). The fourth-order valence-corrected chi connectivity index (χ4v) is 3.69. The lowest BCUT2D eigenvalue weighted by Gasteiger charge is -2.35. The molecule has 6 heteroatoms. The Morgan fingerprint density at radius 1 is 1.25 bits per heavy atom. The summed E-state index contributed by atoms with van der Waals surface area (Å²) in [6.45, 7) is 8.62. The number of amides is 2. The first-order valence-corrected chi connectivity index (χ1v) is 10.2. The molecule has 0 bridgehead atoms. The van der Waals surface area contributed by atoms with Crippen LogP contribution < -0.4 is 0 Å². The van der Waals surface area contributed by atoms with Crippen LogP contribution in [0.2, 0.25) is 0 Å². The Labute approximate surface area is 166 Å². The van der Waals surface area contributed by atoms with Crippen LogP contribution in [0.15, 0.2) is 18.2 Å². The second-order valence-electron chi connectivity index (χ2n) is 9.03. The average Bonchev–Trinajstić information content (AvgIpc) is 3.45. The van der Waals surface area contributed by atoms with E-state index in [0.717, 1.165) is 31.2 Å². The standard InChI is InChI=1S/C22H31FN2O3/c1-15-12-16(7-10-19(15)23)17-6-5-11-24(13-17)20(26)14-25(18-8-9-18)21(27)28-22(2,3)4/h7,10,12,17-18H,5-6,8-9,11,13-14H2,1-4H3. The zero-order valence-corrected chi connectivity index (χ0v) is 17.3. The van der Waals surface area contributed by atoms with Gasteiger partial charge in [0, 0.05) is 25.0 Å². The van der Waals surface area contributed by atoms with Gasteiger partial charge in [-0.3, -0.25) is 9.69 Å². The highest BCUT2D eigenvalue weighted by molar-refractivity contribution is 5.83. The van der Waals surface area contributed by atoms with Gasteiger partial charge >= 0.3 is 6.09 Å². The number of rotatable bonds is 4. The monoisotopic (exact) mass is 390 g/mol. The molecule has 2 fully saturated rings. The Morgan fingerprint density at radius 3 is 2.57 bits per heavy atom. The summed E-state index contributed by atoms with van der Waals surface area (Å²) in [4.78, 5) is 28.9. The lowest BCUT2D eigenvalue weighted by molar-refractivity contribution is -0.133. The highest BCUT2D eigenvalue weighted by Gasteiger charge is 2.37. The molecule has 1 unspecified atom stereocenters. The van der Waals surface area contributed by atoms with Crippen LogP contribution in [-0.4, -0.2) is 53.1 Å². The molecule has 2 amide bonds. The van der Waals surface area contributed by atoms with Gasteiger partial charge in [-0.25, -0.2) is 9.18 Å². The maximum Gasteiger partial charge on any atom is 0.411 e. The number of benzene rings is 1. The number of carbonyl (C=O) groups is 2. The number of aryl methyl sites for hydroxylation is 1. The third-order valence-electron chi connectivity index (χ3n) is 5.35. The van der Waals surface area contributed by atoms with E-state index in [1.807, 2.05) is 37.8 Å². The third kappa shape index (κ3) is 5.24. The van der Waals surface area contributed by atoms with E-state index in [1.165, 1.54) is 6.07 Å². The maximum absolute atomic E-state index is 13.6. The third-order valence-corrected chi connectivity index (χ3v) is 5.35. The maximum atomic E-state index is 13.6. The zero-order chi connectivity index (χ0) is 20.5. The van der Waals surface area contributed by atoms with Crippen LogP contribution in [0.1, 0.15) is 63.5 Å². The summed E-state index contributed by atoms with van der Waals surface area (Å²) in [5, 5.41) is 0. The Bertz CT molecular complexity index is 740. The lowest BCUT2D eigenvalue weighted by Crippen LogP contribution is -2.48. The summed E-state index contributed by atoms with van der Waals surface area (Å²) in [5.74, 6) is -0.0425. The number of halogens is 1. The summed E-state index contributed by atoms with van der Waals surface area (Å²) < 4.78 is 19.1. The van der Waals surface area contributed by atoms with Gasteiger partial charge in [-0.2, -0.15) is 0 Å². The number of carbonyl (C=O) groups excluding carboxylic acids is 2. The summed E-state index contributed by atoms with van der Waals surface area (Å²) >= 11 is 0. The smallest absolute Gasteiger partial charge is 0.411 e. The van der Waals surface area contributed by atoms with Crippen molar-refractivity contribution in [2.24, 2.45) is 0 Å². The molecule has 1 heterocycles. The van der Waals surface area contributed by atoms with Crippen molar-refractivity contribution in [2.45, 2.75) is 70.9 Å². The van der Waals surface area contributed by atoms with Crippen LogP contribution >= 0.6 is 0 Å². The molecule has 0 N–H and O–H groups in total. The molecule has 1 aromatic rings. The van der Waals surface area contributed by atoms with E-state index < -0.39 is 11.7 Å². The molecule has 0 radical (unpaired) electrons. The Balaban J connectivity index is 1.64. The molecular weight excluding hydrogens is 359 g/mol. The highest BCUT2D eigenvalue weighted by Crippen LogP contribution is 2.30. The van der Waals surface area contributed by atoms with E-state index in [9.17, 15) is 14.0 Å². The van der Waals surface area contributed by atoms with E-state index in [1.54, 1.807) is 11.8 Å². The molecule has 28 heavy (non-hydrogen) atoms. The minimum absolute atomic E-state index is 0.0405. The summed E-state index contributed by atoms with van der Waals surface area (Å²) in [5.41, 5.74) is 1.12. The van der Waals surface area contributed by atoms with Crippen molar-refractivity contribution in [3.63, 3.8) is 0 Å². The second kappa shape index (κ2) is 8.10. The predicted molar refractivity (Wildman–Crippen MR) is 106 cm³/mol. The molecule has 2 aliphatic rings. The normalized spacial score (nSPS) is 20.0. The van der Waals surface area contributed by atoms with Crippen molar-refractivity contribution in [1.29, 1.82) is 0 Å². The van der Waals surface area contributed by atoms with Crippen molar-refractivity contribution in [2.75, 3.05) is 19.6 Å². The van der Waals surface area contributed by atoms with E-state index in [0.29, 0.717) is 18.7 Å². The number of hydrogen-bond acceptors (Lipinski definition) is 3. The molecule has 0 aromatic heterocycles. The van der Waals surface area contributed by atoms with Crippen LogP contribution in [0, 0.1) is 12.7 Å². The van der Waals surface area contributed by atoms with Crippen molar-refractivity contribution in [1.82, 2.24) is 9.80 Å². The predicted octanol–water partition coefficient (Wildman–Crippen LogP) is 4.24. The largest absolute Gasteiger partial charge is 0.444 e. The number of piperidine rings is 1. The van der Waals surface area contributed by atoms with E-state index in [2.05, 4.69) is 0 Å². The first-order chi connectivity index (χ1) is 13.1. The minimum Gasteiger partial charge on any atom is -0.444 e. The van der Waals surface area contributed by atoms with Gasteiger partial charge in [0.2, 0.25) is 5.91 Å². The van der Waals surface area contributed by atoms with Crippen molar-refractivity contribution >= 4 is 12.0 Å². The number of likely N-dealkylation sites (tertiary alicyclic amines) is 1. The number of nitrogens with zero attached hydrogens (tertiary/aromatic N) is 2. The highest BCUT2D eigenvalue weighted by atomic mass is 19.1. The van der Waals surface area contributed by atoms with Crippen LogP contribution in [0.25, 0.3) is 0 Å². The van der Waals surface area contributed by atoms with E-state index >= 15 is 0 Å². The number of ether oxygens (including phenoxy) is 1. The first kappa shape index (κ1) is 20.6. The topological polar surface area (TPSA) is 49.9 Å². The first-order valence-electron chi connectivity index (χ1n) is 10.2. The van der Waals surface area contributed by atoms with Gasteiger partial charge in [0.25, 0.3) is 0 Å². The van der Waals surface area contributed by atoms with Gasteiger partial charge in [0.05, 0.1) is 0 Å². The molecule has 1 saturated heterocycles. The molecule has 1 aliphatic heterocycles. The van der Waals surface area contributed by atoms with E-state index in [4.69, 9.17) is 4.74 Å². The fourth-order valence-electron chi connectivity index (χ4n) is 3.69. The van der Waals surface area contributed by atoms with Crippen LogP contribution in [0.4, 0.5) is 9.18 Å². The molecule has 0 spiro atoms. The lowest BCUT2D eigenvalue weighted by atomic mass is 9.89. The quantitative estimate of drug-likeness (QED) is 0.773. The molecular formula is C22H31FN2O3. The van der Waals surface area contributed by atoms with Crippen LogP contribution in [0.5, 0.6) is 0 Å². The van der Waals surface area contributed by atoms with Gasteiger partial charge < -0.3 is 9.64 Å². The Morgan fingerprint density at radius 2 is 1.96 bits per heavy atom. The molecule has 154 valence electrons. The van der Waals surface area contributed by atoms with Gasteiger partial charge in [-0.15, -0.1) is 0 Å². The SMILES string of the molecule is Cc1cc(C2CCCN(C(=O)CN(C(=O)OC(C)(C)C)C3CC3)C2)ccc1F. The second-order valence-corrected chi connectivity index (χ2v) is 9.03. The van der Waals surface area contributed by atoms with Gasteiger partial charge in [-0.1, -0.05) is 12.1 Å². The Kier molecular flexibility index (Phi) is 5.96. The van der Waals surface area contributed by atoms with Crippen LogP contribution in [-0.2, 0) is 9.53 Å². The van der Waals surface area contributed by atoms with Crippen molar-refractivity contribution in [3.8, 4) is 0 Å². The van der Waals surface area contributed by atoms with Gasteiger partial charge in [0.15, 0.2) is 0 Å². The Hall–Kier alpha value is -2.11. The van der Waals surface area contributed by atoms with Gasteiger partial charge in [-0.05, 0) is 70.6 Å². The van der Waals surface area contributed by atoms with Crippen molar-refractivity contribution < 1.29 is 18.7 Å². The molecule has 1 atom stereocenters. The zero-order valence-electron chi connectivity index (χ0n) is 17.3. The summed E-state index contributed by atoms with van der Waals surface area (Å²) in [7, 11) is 0. The molecule has 1 aromatic carbocycles. The molecule has 1 saturated carbocycles. The molecule has 5 nitrogen and oxygen atoms in total. The number of hydrogen-bond donors (Lipinski definition) is 0. The van der Waals surface area contributed by atoms with E-state index in [-0.39, 0.29) is 30.2 Å². The molecule has 1 aliphatic carbocycles. The summed E-state index contributed by atoms with van der Waals surface area (Å²) in [6, 6.07) is 5.31. The summed E-state index contributed by atoms with van der Waals surface area (Å²) in [6.07, 6.45) is 3.32. The fraction of sp³-hybridized carbons (Fsp3) is 0.636. The van der Waals surface area contributed by atoms with Crippen molar-refractivity contribution in [3.05, 3.63) is 35.1 Å². The van der Waals surface area contributed by atoms with Gasteiger partial charge in [0.1, 0.15) is 18.0 Å². The van der Waals surface area contributed by atoms with Crippen LogP contribution in [0.3, 0.4) is 0 Å². The average molecular weight is 390 g/mol. The minimum atomic E-state index is -0.579.